The molecule has 2 aromatic heterocycles. The van der Waals surface area contributed by atoms with Crippen molar-refractivity contribution in [1.82, 2.24) is 20.5 Å². The molecule has 3 N–H and O–H groups in total. The predicted molar refractivity (Wildman–Crippen MR) is 105 cm³/mol. The van der Waals surface area contributed by atoms with Crippen LogP contribution in [0.5, 0.6) is 5.19 Å². The minimum Gasteiger partial charge on any atom is -0.473 e. The van der Waals surface area contributed by atoms with Crippen LogP contribution >= 0.6 is 11.3 Å². The van der Waals surface area contributed by atoms with E-state index >= 15 is 0 Å². The van der Waals surface area contributed by atoms with Crippen molar-refractivity contribution >= 4 is 29.2 Å². The third-order valence-electron chi connectivity index (χ3n) is 4.41. The van der Waals surface area contributed by atoms with Gasteiger partial charge in [-0.15, -0.1) is 0 Å². The number of aromatic amines is 1. The molecule has 3 rings (SSSR count). The fraction of sp³-hybridized carbons (Fsp3) is 0.556. The molecular weight excluding hydrogens is 382 g/mol. The van der Waals surface area contributed by atoms with Crippen molar-refractivity contribution in [3.05, 3.63) is 22.8 Å². The number of amides is 2. The molecule has 28 heavy (non-hydrogen) atoms. The summed E-state index contributed by atoms with van der Waals surface area (Å²) in [5.41, 5.74) is 0.935. The van der Waals surface area contributed by atoms with Crippen LogP contribution in [0.3, 0.4) is 0 Å². The third-order valence-corrected chi connectivity index (χ3v) is 5.37. The second-order valence-electron chi connectivity index (χ2n) is 7.07. The second-order valence-corrected chi connectivity index (χ2v) is 8.14. The molecule has 152 valence electrons. The van der Waals surface area contributed by atoms with Gasteiger partial charge in [-0.05, 0) is 33.1 Å². The molecule has 9 nitrogen and oxygen atoms in total. The average Bonchev–Trinajstić information content (AvgIpc) is 3.34. The average molecular weight is 407 g/mol. The Morgan fingerprint density at radius 1 is 1.39 bits per heavy atom. The van der Waals surface area contributed by atoms with Gasteiger partial charge >= 0.3 is 6.09 Å². The minimum absolute atomic E-state index is 0.0505. The van der Waals surface area contributed by atoms with E-state index in [1.165, 1.54) is 11.3 Å². The summed E-state index contributed by atoms with van der Waals surface area (Å²) < 4.78 is 10.5. The number of rotatable bonds is 7. The number of anilines is 1. The van der Waals surface area contributed by atoms with Gasteiger partial charge in [0.2, 0.25) is 5.91 Å². The van der Waals surface area contributed by atoms with Crippen LogP contribution in [-0.4, -0.2) is 46.4 Å². The molecule has 1 fully saturated rings. The second kappa shape index (κ2) is 9.05. The zero-order valence-electron chi connectivity index (χ0n) is 16.2. The normalized spacial score (nSPS) is 18.9. The molecule has 1 aliphatic carbocycles. The zero-order valence-corrected chi connectivity index (χ0v) is 17.0. The number of thiazole rings is 1. The molecule has 0 aromatic carbocycles. The zero-order chi connectivity index (χ0) is 20.1. The van der Waals surface area contributed by atoms with E-state index in [-0.39, 0.29) is 36.5 Å². The van der Waals surface area contributed by atoms with Gasteiger partial charge in [-0.3, -0.25) is 9.89 Å². The number of hydrogen-bond donors (Lipinski definition) is 3. The number of nitrogens with one attached hydrogen (secondary N) is 3. The first-order valence-electron chi connectivity index (χ1n) is 9.24. The summed E-state index contributed by atoms with van der Waals surface area (Å²) in [7, 11) is 1.54. The lowest BCUT2D eigenvalue weighted by atomic mass is 10.0. The lowest BCUT2D eigenvalue weighted by Crippen LogP contribution is -2.33. The fourth-order valence-electron chi connectivity index (χ4n) is 3.17. The molecule has 2 unspecified atom stereocenters. The van der Waals surface area contributed by atoms with Crippen molar-refractivity contribution in [3.63, 3.8) is 0 Å². The van der Waals surface area contributed by atoms with E-state index in [0.717, 1.165) is 29.8 Å². The van der Waals surface area contributed by atoms with E-state index in [9.17, 15) is 9.59 Å². The van der Waals surface area contributed by atoms with E-state index in [1.807, 2.05) is 19.9 Å². The van der Waals surface area contributed by atoms with E-state index in [4.69, 9.17) is 9.47 Å². The van der Waals surface area contributed by atoms with Crippen molar-refractivity contribution in [2.75, 3.05) is 12.4 Å². The molecule has 0 spiro atoms. The van der Waals surface area contributed by atoms with E-state index < -0.39 is 0 Å². The molecule has 2 aromatic rings. The van der Waals surface area contributed by atoms with Crippen LogP contribution in [0, 0.1) is 0 Å². The summed E-state index contributed by atoms with van der Waals surface area (Å²) in [4.78, 5) is 28.8. The molecule has 0 saturated heterocycles. The van der Waals surface area contributed by atoms with Crippen LogP contribution in [0.25, 0.3) is 0 Å². The Labute approximate surface area is 167 Å². The van der Waals surface area contributed by atoms with Crippen LogP contribution < -0.4 is 15.4 Å². The predicted octanol–water partition coefficient (Wildman–Crippen LogP) is 2.83. The molecule has 1 aliphatic rings. The maximum Gasteiger partial charge on any atom is 0.407 e. The lowest BCUT2D eigenvalue weighted by Gasteiger charge is -2.14. The lowest BCUT2D eigenvalue weighted by molar-refractivity contribution is -0.115. The summed E-state index contributed by atoms with van der Waals surface area (Å²) in [5, 5.41) is 13.2. The summed E-state index contributed by atoms with van der Waals surface area (Å²) in [6.45, 7) is 3.79. The van der Waals surface area contributed by atoms with Gasteiger partial charge in [-0.1, -0.05) is 11.3 Å². The Hall–Kier alpha value is -2.62. The maximum absolute atomic E-state index is 12.2. The molecule has 0 radical (unpaired) electrons. The number of aromatic nitrogens is 3. The molecule has 10 heteroatoms. The standard InChI is InChI=1S/C18H25N5O4S/c1-10(2)20-17(25)27-12-5-4-11(6-12)14-8-15(23-22-14)21-16(24)7-13-9-19-18(26-3)28-13/h8-12H,4-7H2,1-3H3,(H,20,25)(H2,21,22,23,24). The number of hydrogen-bond acceptors (Lipinski definition) is 7. The Bertz CT molecular complexity index is 819. The molecule has 2 heterocycles. The first-order chi connectivity index (χ1) is 13.4. The highest BCUT2D eigenvalue weighted by atomic mass is 32.1. The molecule has 1 saturated carbocycles. The Morgan fingerprint density at radius 3 is 2.93 bits per heavy atom. The number of nitrogens with zero attached hydrogens (tertiary/aromatic N) is 2. The van der Waals surface area contributed by atoms with Crippen LogP contribution in [0.15, 0.2) is 12.3 Å². The van der Waals surface area contributed by atoms with Crippen molar-refractivity contribution in [2.24, 2.45) is 0 Å². The van der Waals surface area contributed by atoms with Crippen LogP contribution in [0.2, 0.25) is 0 Å². The summed E-state index contributed by atoms with van der Waals surface area (Å²) in [6, 6.07) is 1.89. The van der Waals surface area contributed by atoms with Gasteiger partial charge in [0.05, 0.1) is 13.5 Å². The van der Waals surface area contributed by atoms with Crippen molar-refractivity contribution in [1.29, 1.82) is 0 Å². The quantitative estimate of drug-likeness (QED) is 0.649. The number of carbonyl (C=O) groups is 2. The monoisotopic (exact) mass is 407 g/mol. The number of carbonyl (C=O) groups excluding carboxylic acids is 2. The first kappa shape index (κ1) is 20.1. The van der Waals surface area contributed by atoms with Gasteiger partial charge in [-0.25, -0.2) is 9.78 Å². The highest BCUT2D eigenvalue weighted by Crippen LogP contribution is 2.35. The van der Waals surface area contributed by atoms with Gasteiger partial charge in [-0.2, -0.15) is 5.10 Å². The Balaban J connectivity index is 1.48. The smallest absolute Gasteiger partial charge is 0.407 e. The SMILES string of the molecule is COc1ncc(CC(=O)Nc2cc(C3CCC(OC(=O)NC(C)C)C3)[nH]n2)s1. The Morgan fingerprint density at radius 2 is 2.21 bits per heavy atom. The van der Waals surface area contributed by atoms with Gasteiger partial charge in [0, 0.05) is 34.8 Å². The Kier molecular flexibility index (Phi) is 6.50. The molecular formula is C18H25N5O4S. The van der Waals surface area contributed by atoms with Crippen LogP contribution in [0.1, 0.15) is 49.6 Å². The molecule has 2 atom stereocenters. The first-order valence-corrected chi connectivity index (χ1v) is 10.1. The van der Waals surface area contributed by atoms with Gasteiger partial charge in [0.1, 0.15) is 6.10 Å². The number of alkyl carbamates (subject to hydrolysis) is 1. The fourth-order valence-corrected chi connectivity index (χ4v) is 3.89. The third kappa shape index (κ3) is 5.44. The number of methoxy groups -OCH3 is 1. The van der Waals surface area contributed by atoms with Gasteiger partial charge in [0.15, 0.2) is 5.82 Å². The number of H-pyrrole nitrogens is 1. The summed E-state index contributed by atoms with van der Waals surface area (Å²) in [6.07, 6.45) is 3.81. The maximum atomic E-state index is 12.2. The minimum atomic E-state index is -0.377. The van der Waals surface area contributed by atoms with Gasteiger partial charge in [0.25, 0.3) is 5.19 Å². The molecule has 0 bridgehead atoms. The van der Waals surface area contributed by atoms with Crippen molar-refractivity contribution < 1.29 is 19.1 Å². The van der Waals surface area contributed by atoms with Crippen LogP contribution in [0.4, 0.5) is 10.6 Å². The summed E-state index contributed by atoms with van der Waals surface area (Å²) >= 11 is 1.34. The van der Waals surface area contributed by atoms with Crippen molar-refractivity contribution in [3.8, 4) is 5.19 Å². The summed E-state index contributed by atoms with van der Waals surface area (Å²) in [5.74, 6) is 0.543. The highest BCUT2D eigenvalue weighted by molar-refractivity contribution is 7.13. The molecule has 0 aliphatic heterocycles. The van der Waals surface area contributed by atoms with Crippen molar-refractivity contribution in [2.45, 2.75) is 57.6 Å². The number of ether oxygens (including phenoxy) is 2. The van der Waals surface area contributed by atoms with E-state index in [1.54, 1.807) is 13.3 Å². The van der Waals surface area contributed by atoms with E-state index in [0.29, 0.717) is 11.0 Å². The topological polar surface area (TPSA) is 118 Å². The van der Waals surface area contributed by atoms with Crippen LogP contribution in [-0.2, 0) is 16.0 Å². The highest BCUT2D eigenvalue weighted by Gasteiger charge is 2.30. The largest absolute Gasteiger partial charge is 0.473 e. The van der Waals surface area contributed by atoms with Gasteiger partial charge < -0.3 is 20.1 Å². The van der Waals surface area contributed by atoms with E-state index in [2.05, 4.69) is 25.8 Å². The molecule has 2 amide bonds.